The summed E-state index contributed by atoms with van der Waals surface area (Å²) in [4.78, 5) is 39.5. The Morgan fingerprint density at radius 1 is 0.933 bits per heavy atom. The number of imide groups is 1. The molecule has 6 nitrogen and oxygen atoms in total. The lowest BCUT2D eigenvalue weighted by Crippen LogP contribution is -2.29. The summed E-state index contributed by atoms with van der Waals surface area (Å²) in [6.45, 7) is 0. The van der Waals surface area contributed by atoms with Crippen molar-refractivity contribution in [3.05, 3.63) is 89.5 Å². The first kappa shape index (κ1) is 19.7. The van der Waals surface area contributed by atoms with Crippen LogP contribution in [0.3, 0.4) is 0 Å². The molecular formula is C23H18N2O4S. The topological polar surface area (TPSA) is 75.7 Å². The lowest BCUT2D eigenvalue weighted by Gasteiger charge is -2.14. The maximum atomic E-state index is 12.5. The van der Waals surface area contributed by atoms with Gasteiger partial charge in [0.15, 0.2) is 0 Å². The second kappa shape index (κ2) is 8.42. The molecule has 0 radical (unpaired) electrons. The molecule has 3 aromatic carbocycles. The minimum atomic E-state index is -0.285. The third-order valence-corrected chi connectivity index (χ3v) is 5.66. The Morgan fingerprint density at radius 3 is 2.23 bits per heavy atom. The van der Waals surface area contributed by atoms with Crippen molar-refractivity contribution in [1.29, 1.82) is 0 Å². The molecule has 3 aromatic rings. The zero-order valence-corrected chi connectivity index (χ0v) is 16.9. The molecule has 1 heterocycles. The van der Waals surface area contributed by atoms with Crippen molar-refractivity contribution >= 4 is 35.2 Å². The molecular weight excluding hydrogens is 400 g/mol. The Balaban J connectivity index is 1.41. The van der Waals surface area contributed by atoms with E-state index in [0.29, 0.717) is 28.1 Å². The lowest BCUT2D eigenvalue weighted by molar-refractivity contribution is 0.0683. The number of nitrogens with one attached hydrogen (secondary N) is 1. The van der Waals surface area contributed by atoms with Gasteiger partial charge in [-0.05, 0) is 54.6 Å². The number of nitrogens with zero attached hydrogens (tertiary/aromatic N) is 1. The average Bonchev–Trinajstić information content (AvgIpc) is 3.02. The van der Waals surface area contributed by atoms with E-state index in [0.717, 1.165) is 4.90 Å². The SMILES string of the molecule is COc1ccc(C(=O)Nc2cccc(SCN3C(=O)c4ccccc4C3=O)c2)cc1. The second-order valence-electron chi connectivity index (χ2n) is 6.57. The van der Waals surface area contributed by atoms with Gasteiger partial charge in [-0.3, -0.25) is 19.3 Å². The number of thioether (sulfide) groups is 1. The molecule has 0 aromatic heterocycles. The first-order chi connectivity index (χ1) is 14.6. The third-order valence-electron chi connectivity index (χ3n) is 4.68. The number of ether oxygens (including phenoxy) is 1. The van der Waals surface area contributed by atoms with Gasteiger partial charge in [0.05, 0.1) is 24.1 Å². The summed E-state index contributed by atoms with van der Waals surface area (Å²) in [5.74, 6) is 0.0692. The largest absolute Gasteiger partial charge is 0.497 e. The van der Waals surface area contributed by atoms with Crippen LogP contribution in [0.1, 0.15) is 31.1 Å². The Bertz CT molecular complexity index is 1090. The van der Waals surface area contributed by atoms with Crippen LogP contribution in [0.25, 0.3) is 0 Å². The number of carbonyl (C=O) groups is 3. The minimum absolute atomic E-state index is 0.197. The maximum absolute atomic E-state index is 12.5. The summed E-state index contributed by atoms with van der Waals surface area (Å²) in [6, 6.07) is 20.9. The van der Waals surface area contributed by atoms with Gasteiger partial charge in [-0.2, -0.15) is 0 Å². The summed E-state index contributed by atoms with van der Waals surface area (Å²) in [5, 5.41) is 2.86. The van der Waals surface area contributed by atoms with Crippen LogP contribution in [0.4, 0.5) is 5.69 Å². The fourth-order valence-electron chi connectivity index (χ4n) is 3.10. The number of rotatable bonds is 6. The van der Waals surface area contributed by atoms with Crippen LogP contribution in [-0.4, -0.2) is 35.6 Å². The van der Waals surface area contributed by atoms with Crippen molar-refractivity contribution in [2.24, 2.45) is 0 Å². The van der Waals surface area contributed by atoms with Crippen molar-refractivity contribution in [2.45, 2.75) is 4.90 Å². The van der Waals surface area contributed by atoms with Gasteiger partial charge in [0.25, 0.3) is 17.7 Å². The number of methoxy groups -OCH3 is 1. The zero-order valence-electron chi connectivity index (χ0n) is 16.1. The van der Waals surface area contributed by atoms with E-state index in [1.807, 2.05) is 18.2 Å². The van der Waals surface area contributed by atoms with Gasteiger partial charge in [0, 0.05) is 16.1 Å². The van der Waals surface area contributed by atoms with Crippen molar-refractivity contribution in [2.75, 3.05) is 18.3 Å². The molecule has 0 saturated carbocycles. The summed E-state index contributed by atoms with van der Waals surface area (Å²) < 4.78 is 5.10. The van der Waals surface area contributed by atoms with E-state index in [1.54, 1.807) is 61.7 Å². The number of fused-ring (bicyclic) bond motifs is 1. The molecule has 0 fully saturated rings. The number of hydrogen-bond donors (Lipinski definition) is 1. The van der Waals surface area contributed by atoms with Crippen LogP contribution in [0, 0.1) is 0 Å². The molecule has 0 aliphatic carbocycles. The van der Waals surface area contributed by atoms with Crippen molar-refractivity contribution in [1.82, 2.24) is 4.90 Å². The maximum Gasteiger partial charge on any atom is 0.262 e. The van der Waals surface area contributed by atoms with Crippen molar-refractivity contribution in [3.8, 4) is 5.75 Å². The van der Waals surface area contributed by atoms with Crippen molar-refractivity contribution in [3.63, 3.8) is 0 Å². The highest BCUT2D eigenvalue weighted by molar-refractivity contribution is 7.99. The molecule has 0 spiro atoms. The fourth-order valence-corrected chi connectivity index (χ4v) is 4.00. The number of amides is 3. The quantitative estimate of drug-likeness (QED) is 0.477. The number of benzene rings is 3. The Morgan fingerprint density at radius 2 is 1.60 bits per heavy atom. The lowest BCUT2D eigenvalue weighted by atomic mass is 10.1. The molecule has 0 saturated heterocycles. The van der Waals surface area contributed by atoms with E-state index < -0.39 is 0 Å². The molecule has 1 N–H and O–H groups in total. The van der Waals surface area contributed by atoms with Gasteiger partial charge in [0.2, 0.25) is 0 Å². The monoisotopic (exact) mass is 418 g/mol. The molecule has 150 valence electrons. The van der Waals surface area contributed by atoms with Crippen LogP contribution in [-0.2, 0) is 0 Å². The van der Waals surface area contributed by atoms with Gasteiger partial charge >= 0.3 is 0 Å². The van der Waals surface area contributed by atoms with Gasteiger partial charge in [-0.15, -0.1) is 11.8 Å². The summed E-state index contributed by atoms with van der Waals surface area (Å²) in [7, 11) is 1.57. The second-order valence-corrected chi connectivity index (χ2v) is 7.59. The third kappa shape index (κ3) is 3.92. The van der Waals surface area contributed by atoms with Gasteiger partial charge in [-0.1, -0.05) is 18.2 Å². The van der Waals surface area contributed by atoms with Gasteiger partial charge in [-0.25, -0.2) is 0 Å². The van der Waals surface area contributed by atoms with Crippen LogP contribution < -0.4 is 10.1 Å². The number of carbonyl (C=O) groups excluding carboxylic acids is 3. The van der Waals surface area contributed by atoms with Gasteiger partial charge in [0.1, 0.15) is 5.75 Å². The molecule has 1 aliphatic rings. The molecule has 0 atom stereocenters. The summed E-state index contributed by atoms with van der Waals surface area (Å²) in [5.41, 5.74) is 2.01. The Labute approximate surface area is 177 Å². The summed E-state index contributed by atoms with van der Waals surface area (Å²) in [6.07, 6.45) is 0. The highest BCUT2D eigenvalue weighted by Gasteiger charge is 2.34. The zero-order chi connectivity index (χ0) is 21.1. The van der Waals surface area contributed by atoms with Crippen LogP contribution in [0.15, 0.2) is 77.7 Å². The Hall–Kier alpha value is -3.58. The van der Waals surface area contributed by atoms with Crippen molar-refractivity contribution < 1.29 is 19.1 Å². The Kier molecular flexibility index (Phi) is 5.54. The van der Waals surface area contributed by atoms with Crippen LogP contribution >= 0.6 is 11.8 Å². The standard InChI is InChI=1S/C23H18N2O4S/c1-29-17-11-9-15(10-12-17)21(26)24-16-5-4-6-18(13-16)30-14-25-22(27)19-7-2-3-8-20(19)23(25)28/h2-13H,14H2,1H3,(H,24,26). The average molecular weight is 418 g/mol. The predicted molar refractivity (Wildman–Crippen MR) is 115 cm³/mol. The predicted octanol–water partition coefficient (Wildman–Crippen LogP) is 4.29. The molecule has 4 rings (SSSR count). The van der Waals surface area contributed by atoms with E-state index >= 15 is 0 Å². The van der Waals surface area contributed by atoms with E-state index in [1.165, 1.54) is 16.7 Å². The first-order valence-electron chi connectivity index (χ1n) is 9.20. The van der Waals surface area contributed by atoms with E-state index in [4.69, 9.17) is 4.74 Å². The van der Waals surface area contributed by atoms with Gasteiger partial charge < -0.3 is 10.1 Å². The molecule has 30 heavy (non-hydrogen) atoms. The molecule has 0 bridgehead atoms. The normalized spacial score (nSPS) is 12.6. The first-order valence-corrected chi connectivity index (χ1v) is 10.2. The highest BCUT2D eigenvalue weighted by atomic mass is 32.2. The minimum Gasteiger partial charge on any atom is -0.497 e. The van der Waals surface area contributed by atoms with E-state index in [2.05, 4.69) is 5.32 Å². The molecule has 1 aliphatic heterocycles. The number of anilines is 1. The fraction of sp³-hybridized carbons (Fsp3) is 0.0870. The molecule has 0 unspecified atom stereocenters. The molecule has 7 heteroatoms. The number of hydrogen-bond acceptors (Lipinski definition) is 5. The highest BCUT2D eigenvalue weighted by Crippen LogP contribution is 2.28. The van der Waals surface area contributed by atoms with E-state index in [9.17, 15) is 14.4 Å². The van der Waals surface area contributed by atoms with Crippen LogP contribution in [0.2, 0.25) is 0 Å². The van der Waals surface area contributed by atoms with Crippen LogP contribution in [0.5, 0.6) is 5.75 Å². The molecule has 3 amide bonds. The van der Waals surface area contributed by atoms with E-state index in [-0.39, 0.29) is 23.6 Å². The summed E-state index contributed by atoms with van der Waals surface area (Å²) >= 11 is 1.35. The smallest absolute Gasteiger partial charge is 0.262 e.